The van der Waals surface area contributed by atoms with Crippen molar-refractivity contribution in [1.82, 2.24) is 4.98 Å². The zero-order chi connectivity index (χ0) is 15.5. The fourth-order valence-electron chi connectivity index (χ4n) is 2.26. The summed E-state index contributed by atoms with van der Waals surface area (Å²) in [6.07, 6.45) is 3.53. The molecule has 3 aromatic rings. The van der Waals surface area contributed by atoms with Crippen LogP contribution in [-0.2, 0) is 0 Å². The highest BCUT2D eigenvalue weighted by atomic mass is 35.5. The van der Waals surface area contributed by atoms with E-state index in [0.717, 1.165) is 16.7 Å². The van der Waals surface area contributed by atoms with Gasteiger partial charge in [-0.15, -0.1) is 0 Å². The number of carboxylic acid groups (broad SMARTS) is 1. The number of carbonyl (C=O) groups is 1. The number of hydrogen-bond donors (Lipinski definition) is 1. The zero-order valence-electron chi connectivity index (χ0n) is 11.5. The number of benzene rings is 2. The number of halogens is 1. The molecule has 0 radical (unpaired) electrons. The van der Waals surface area contributed by atoms with E-state index in [0.29, 0.717) is 10.6 Å². The van der Waals surface area contributed by atoms with Crippen molar-refractivity contribution in [3.63, 3.8) is 0 Å². The molecule has 3 rings (SSSR count). The Bertz CT molecular complexity index is 814. The highest BCUT2D eigenvalue weighted by Crippen LogP contribution is 2.30. The van der Waals surface area contributed by atoms with Crippen LogP contribution in [0.4, 0.5) is 0 Å². The summed E-state index contributed by atoms with van der Waals surface area (Å²) in [6, 6.07) is 16.4. The first-order chi connectivity index (χ1) is 10.6. The summed E-state index contributed by atoms with van der Waals surface area (Å²) >= 11 is 6.19. The Morgan fingerprint density at radius 2 is 1.68 bits per heavy atom. The molecule has 1 heterocycles. The van der Waals surface area contributed by atoms with Crippen LogP contribution in [0.1, 0.15) is 10.4 Å². The first-order valence-electron chi connectivity index (χ1n) is 6.69. The number of aromatic nitrogens is 1. The molecular formula is C18H12ClNO2. The van der Waals surface area contributed by atoms with Gasteiger partial charge in [0.05, 0.1) is 5.56 Å². The molecule has 0 unspecified atom stereocenters. The van der Waals surface area contributed by atoms with Gasteiger partial charge in [0, 0.05) is 23.0 Å². The van der Waals surface area contributed by atoms with E-state index in [1.54, 1.807) is 24.5 Å². The first-order valence-corrected chi connectivity index (χ1v) is 7.06. The molecule has 0 fully saturated rings. The van der Waals surface area contributed by atoms with Crippen molar-refractivity contribution < 1.29 is 9.90 Å². The third-order valence-corrected chi connectivity index (χ3v) is 3.73. The monoisotopic (exact) mass is 309 g/mol. The second kappa shape index (κ2) is 6.00. The van der Waals surface area contributed by atoms with Crippen LogP contribution < -0.4 is 0 Å². The smallest absolute Gasteiger partial charge is 0.335 e. The van der Waals surface area contributed by atoms with Gasteiger partial charge in [0.1, 0.15) is 0 Å². The van der Waals surface area contributed by atoms with E-state index in [2.05, 4.69) is 4.98 Å². The van der Waals surface area contributed by atoms with Gasteiger partial charge in [-0.1, -0.05) is 41.9 Å². The Morgan fingerprint density at radius 1 is 0.955 bits per heavy atom. The minimum absolute atomic E-state index is 0.218. The summed E-state index contributed by atoms with van der Waals surface area (Å²) in [5.74, 6) is -0.968. The van der Waals surface area contributed by atoms with E-state index in [1.165, 1.54) is 6.07 Å². The zero-order valence-corrected chi connectivity index (χ0v) is 12.3. The minimum atomic E-state index is -0.968. The summed E-state index contributed by atoms with van der Waals surface area (Å²) in [5.41, 5.74) is 3.87. The molecule has 3 nitrogen and oxygen atoms in total. The minimum Gasteiger partial charge on any atom is -0.478 e. The molecule has 108 valence electrons. The summed E-state index contributed by atoms with van der Waals surface area (Å²) in [5, 5.41) is 9.62. The Kier molecular flexibility index (Phi) is 3.90. The summed E-state index contributed by atoms with van der Waals surface area (Å²) in [6.45, 7) is 0. The fraction of sp³-hybridized carbons (Fsp3) is 0. The number of nitrogens with zero attached hydrogens (tertiary/aromatic N) is 1. The van der Waals surface area contributed by atoms with Crippen LogP contribution in [-0.4, -0.2) is 16.1 Å². The quantitative estimate of drug-likeness (QED) is 0.758. The number of pyridine rings is 1. The largest absolute Gasteiger partial charge is 0.478 e. The summed E-state index contributed by atoms with van der Waals surface area (Å²) in [4.78, 5) is 15.2. The van der Waals surface area contributed by atoms with Crippen molar-refractivity contribution in [2.24, 2.45) is 0 Å². The van der Waals surface area contributed by atoms with Crippen LogP contribution in [0.2, 0.25) is 5.02 Å². The molecule has 0 spiro atoms. The SMILES string of the molecule is O=C(O)c1ccc(Cl)c(-c2ccc(-c3cccnc3)cc2)c1. The molecular weight excluding hydrogens is 298 g/mol. The van der Waals surface area contributed by atoms with E-state index in [9.17, 15) is 4.79 Å². The lowest BCUT2D eigenvalue weighted by Crippen LogP contribution is -1.96. The van der Waals surface area contributed by atoms with Crippen LogP contribution in [0.15, 0.2) is 67.0 Å². The second-order valence-corrected chi connectivity index (χ2v) is 5.23. The lowest BCUT2D eigenvalue weighted by atomic mass is 10.00. The van der Waals surface area contributed by atoms with E-state index in [4.69, 9.17) is 16.7 Å². The van der Waals surface area contributed by atoms with Crippen LogP contribution >= 0.6 is 11.6 Å². The van der Waals surface area contributed by atoms with E-state index < -0.39 is 5.97 Å². The van der Waals surface area contributed by atoms with Crippen molar-refractivity contribution in [1.29, 1.82) is 0 Å². The van der Waals surface area contributed by atoms with Crippen molar-refractivity contribution >= 4 is 17.6 Å². The fourth-order valence-corrected chi connectivity index (χ4v) is 2.48. The van der Waals surface area contributed by atoms with Gasteiger partial charge in [-0.2, -0.15) is 0 Å². The van der Waals surface area contributed by atoms with E-state index in [-0.39, 0.29) is 5.56 Å². The maximum Gasteiger partial charge on any atom is 0.335 e. The summed E-state index contributed by atoms with van der Waals surface area (Å²) < 4.78 is 0. The lowest BCUT2D eigenvalue weighted by Gasteiger charge is -2.07. The molecule has 0 aliphatic rings. The van der Waals surface area contributed by atoms with Gasteiger partial charge in [-0.05, 0) is 41.0 Å². The molecule has 22 heavy (non-hydrogen) atoms. The van der Waals surface area contributed by atoms with Gasteiger partial charge < -0.3 is 5.11 Å². The molecule has 0 atom stereocenters. The van der Waals surface area contributed by atoms with Crippen molar-refractivity contribution in [3.8, 4) is 22.3 Å². The van der Waals surface area contributed by atoms with Crippen molar-refractivity contribution in [2.45, 2.75) is 0 Å². The van der Waals surface area contributed by atoms with Crippen molar-refractivity contribution in [3.05, 3.63) is 77.6 Å². The van der Waals surface area contributed by atoms with Gasteiger partial charge in [-0.3, -0.25) is 4.98 Å². The Labute approximate surface area is 132 Å². The molecule has 1 N–H and O–H groups in total. The average Bonchev–Trinajstić information content (AvgIpc) is 2.56. The normalized spacial score (nSPS) is 10.4. The van der Waals surface area contributed by atoms with Crippen LogP contribution in [0.5, 0.6) is 0 Å². The first kappa shape index (κ1) is 14.3. The van der Waals surface area contributed by atoms with E-state index >= 15 is 0 Å². The molecule has 0 saturated carbocycles. The number of hydrogen-bond acceptors (Lipinski definition) is 2. The highest BCUT2D eigenvalue weighted by Gasteiger charge is 2.09. The lowest BCUT2D eigenvalue weighted by molar-refractivity contribution is 0.0697. The van der Waals surface area contributed by atoms with Gasteiger partial charge >= 0.3 is 5.97 Å². The Balaban J connectivity index is 2.00. The maximum atomic E-state index is 11.1. The summed E-state index contributed by atoms with van der Waals surface area (Å²) in [7, 11) is 0. The Morgan fingerprint density at radius 3 is 2.32 bits per heavy atom. The molecule has 2 aromatic carbocycles. The highest BCUT2D eigenvalue weighted by molar-refractivity contribution is 6.33. The molecule has 0 aliphatic heterocycles. The molecule has 0 amide bonds. The molecule has 0 aliphatic carbocycles. The molecule has 0 saturated heterocycles. The molecule has 1 aromatic heterocycles. The number of carboxylic acids is 1. The maximum absolute atomic E-state index is 11.1. The van der Waals surface area contributed by atoms with Crippen LogP contribution in [0, 0.1) is 0 Å². The van der Waals surface area contributed by atoms with Gasteiger partial charge in [0.2, 0.25) is 0 Å². The second-order valence-electron chi connectivity index (χ2n) is 4.82. The molecule has 0 bridgehead atoms. The van der Waals surface area contributed by atoms with Gasteiger partial charge in [-0.25, -0.2) is 4.79 Å². The topological polar surface area (TPSA) is 50.2 Å². The third-order valence-electron chi connectivity index (χ3n) is 3.40. The predicted octanol–water partition coefficient (Wildman–Crippen LogP) is 4.77. The standard InChI is InChI=1S/C18H12ClNO2/c19-17-8-7-14(18(21)22)10-16(17)13-5-3-12(4-6-13)15-2-1-9-20-11-15/h1-11H,(H,21,22). The Hall–Kier alpha value is -2.65. The van der Waals surface area contributed by atoms with Crippen LogP contribution in [0.3, 0.4) is 0 Å². The number of aromatic carboxylic acids is 1. The van der Waals surface area contributed by atoms with Gasteiger partial charge in [0.25, 0.3) is 0 Å². The van der Waals surface area contributed by atoms with E-state index in [1.807, 2.05) is 36.4 Å². The number of rotatable bonds is 3. The van der Waals surface area contributed by atoms with Crippen molar-refractivity contribution in [2.75, 3.05) is 0 Å². The average molecular weight is 310 g/mol. The van der Waals surface area contributed by atoms with Gasteiger partial charge in [0.15, 0.2) is 0 Å². The molecule has 4 heteroatoms. The van der Waals surface area contributed by atoms with Crippen LogP contribution in [0.25, 0.3) is 22.3 Å². The predicted molar refractivity (Wildman–Crippen MR) is 87.1 cm³/mol. The third kappa shape index (κ3) is 2.85.